The number of hydrogen-bond donors (Lipinski definition) is 0. The van der Waals surface area contributed by atoms with Crippen LogP contribution in [0.25, 0.3) is 0 Å². The van der Waals surface area contributed by atoms with Gasteiger partial charge in [0, 0.05) is 0 Å². The second-order valence-corrected chi connectivity index (χ2v) is 6.60. The molecule has 0 saturated heterocycles. The normalized spacial score (nSPS) is 16.8. The fourth-order valence-electron chi connectivity index (χ4n) is 3.59. The summed E-state index contributed by atoms with van der Waals surface area (Å²) in [5.74, 6) is 3.67. The molecule has 0 N–H and O–H groups in total. The monoisotopic (exact) mass is 254 g/mol. The summed E-state index contributed by atoms with van der Waals surface area (Å²) in [5.41, 5.74) is 0. The van der Waals surface area contributed by atoms with E-state index in [1.54, 1.807) is 0 Å². The van der Waals surface area contributed by atoms with Gasteiger partial charge in [0.15, 0.2) is 0 Å². The molecular formula is C18H38. The average Bonchev–Trinajstić information content (AvgIpc) is 2.35. The molecule has 0 saturated carbocycles. The predicted molar refractivity (Wildman–Crippen MR) is 84.9 cm³/mol. The van der Waals surface area contributed by atoms with Crippen LogP contribution in [0.3, 0.4) is 0 Å². The highest BCUT2D eigenvalue weighted by Crippen LogP contribution is 2.36. The SMILES string of the molecule is CCCCCC(CCCC)C(C(C)C)C(C)CC. The summed E-state index contributed by atoms with van der Waals surface area (Å²) in [6.07, 6.45) is 11.3. The molecule has 0 rings (SSSR count). The lowest BCUT2D eigenvalue weighted by Crippen LogP contribution is -2.27. The smallest absolute Gasteiger partial charge is 0.0337 e. The van der Waals surface area contributed by atoms with Gasteiger partial charge in [-0.25, -0.2) is 0 Å². The quantitative estimate of drug-likeness (QED) is 0.360. The summed E-state index contributed by atoms with van der Waals surface area (Å²) >= 11 is 0. The van der Waals surface area contributed by atoms with Gasteiger partial charge in [-0.05, 0) is 23.7 Å². The highest BCUT2D eigenvalue weighted by Gasteiger charge is 2.27. The lowest BCUT2D eigenvalue weighted by atomic mass is 9.71. The van der Waals surface area contributed by atoms with E-state index in [0.29, 0.717) is 0 Å². The van der Waals surface area contributed by atoms with Gasteiger partial charge < -0.3 is 0 Å². The van der Waals surface area contributed by atoms with Crippen LogP contribution in [0.4, 0.5) is 0 Å². The van der Waals surface area contributed by atoms with Gasteiger partial charge in [0.2, 0.25) is 0 Å². The minimum absolute atomic E-state index is 0.850. The zero-order valence-corrected chi connectivity index (χ0v) is 14.0. The molecule has 0 fully saturated rings. The van der Waals surface area contributed by atoms with Gasteiger partial charge in [0.1, 0.15) is 0 Å². The molecule has 0 heteroatoms. The van der Waals surface area contributed by atoms with Crippen molar-refractivity contribution in [3.05, 3.63) is 0 Å². The molecule has 3 atom stereocenters. The van der Waals surface area contributed by atoms with E-state index < -0.39 is 0 Å². The van der Waals surface area contributed by atoms with Crippen molar-refractivity contribution in [3.8, 4) is 0 Å². The van der Waals surface area contributed by atoms with Gasteiger partial charge in [-0.2, -0.15) is 0 Å². The lowest BCUT2D eigenvalue weighted by Gasteiger charge is -2.35. The zero-order valence-electron chi connectivity index (χ0n) is 14.0. The van der Waals surface area contributed by atoms with Crippen molar-refractivity contribution in [1.82, 2.24) is 0 Å². The van der Waals surface area contributed by atoms with Crippen LogP contribution in [0.2, 0.25) is 0 Å². The molecular weight excluding hydrogens is 216 g/mol. The van der Waals surface area contributed by atoms with Crippen LogP contribution in [0.15, 0.2) is 0 Å². The van der Waals surface area contributed by atoms with Gasteiger partial charge in [0.25, 0.3) is 0 Å². The third-order valence-corrected chi connectivity index (χ3v) is 4.72. The predicted octanol–water partition coefficient (Wildman–Crippen LogP) is 6.69. The Bertz CT molecular complexity index is 171. The van der Waals surface area contributed by atoms with Crippen molar-refractivity contribution in [2.24, 2.45) is 23.7 Å². The molecule has 0 radical (unpaired) electrons. The van der Waals surface area contributed by atoms with Crippen molar-refractivity contribution in [2.75, 3.05) is 0 Å². The number of hydrogen-bond acceptors (Lipinski definition) is 0. The van der Waals surface area contributed by atoms with Gasteiger partial charge in [-0.1, -0.05) is 92.9 Å². The van der Waals surface area contributed by atoms with Crippen molar-refractivity contribution in [3.63, 3.8) is 0 Å². The van der Waals surface area contributed by atoms with Gasteiger partial charge in [-0.3, -0.25) is 0 Å². The van der Waals surface area contributed by atoms with Crippen molar-refractivity contribution in [1.29, 1.82) is 0 Å². The van der Waals surface area contributed by atoms with Crippen molar-refractivity contribution < 1.29 is 0 Å². The highest BCUT2D eigenvalue weighted by atomic mass is 14.3. The standard InChI is InChI=1S/C18H38/c1-7-10-12-14-17(13-11-8-2)18(15(4)5)16(6)9-3/h15-18H,7-14H2,1-6H3. The van der Waals surface area contributed by atoms with Crippen LogP contribution in [-0.4, -0.2) is 0 Å². The molecule has 0 heterocycles. The maximum atomic E-state index is 2.48. The second-order valence-electron chi connectivity index (χ2n) is 6.60. The van der Waals surface area contributed by atoms with Crippen molar-refractivity contribution in [2.45, 2.75) is 92.9 Å². The van der Waals surface area contributed by atoms with Gasteiger partial charge in [0.05, 0.1) is 0 Å². The summed E-state index contributed by atoms with van der Waals surface area (Å²) in [7, 11) is 0. The topological polar surface area (TPSA) is 0 Å². The van der Waals surface area contributed by atoms with Crippen LogP contribution in [-0.2, 0) is 0 Å². The Morgan fingerprint density at radius 2 is 1.28 bits per heavy atom. The molecule has 3 unspecified atom stereocenters. The van der Waals surface area contributed by atoms with Crippen molar-refractivity contribution >= 4 is 0 Å². The molecule has 0 spiro atoms. The van der Waals surface area contributed by atoms with E-state index in [0.717, 1.165) is 23.7 Å². The van der Waals surface area contributed by atoms with Gasteiger partial charge in [-0.15, -0.1) is 0 Å². The molecule has 0 bridgehead atoms. The van der Waals surface area contributed by atoms with Crippen LogP contribution >= 0.6 is 0 Å². The first-order chi connectivity index (χ1) is 8.58. The average molecular weight is 255 g/mol. The molecule has 0 aromatic rings. The van der Waals surface area contributed by atoms with E-state index in [9.17, 15) is 0 Å². The Morgan fingerprint density at radius 1 is 0.722 bits per heavy atom. The molecule has 0 nitrogen and oxygen atoms in total. The second kappa shape index (κ2) is 10.9. The molecule has 0 aliphatic carbocycles. The number of unbranched alkanes of at least 4 members (excludes halogenated alkanes) is 3. The summed E-state index contributed by atoms with van der Waals surface area (Å²) in [4.78, 5) is 0. The molecule has 110 valence electrons. The summed E-state index contributed by atoms with van der Waals surface area (Å²) in [5, 5.41) is 0. The van der Waals surface area contributed by atoms with Crippen LogP contribution in [0, 0.1) is 23.7 Å². The Balaban J connectivity index is 4.52. The van der Waals surface area contributed by atoms with E-state index in [1.807, 2.05) is 0 Å². The van der Waals surface area contributed by atoms with Crippen LogP contribution < -0.4 is 0 Å². The van der Waals surface area contributed by atoms with E-state index in [-0.39, 0.29) is 0 Å². The Kier molecular flexibility index (Phi) is 10.9. The largest absolute Gasteiger partial charge is 0.0654 e. The van der Waals surface area contributed by atoms with Crippen LogP contribution in [0.1, 0.15) is 92.9 Å². The molecule has 0 aliphatic rings. The molecule has 0 aromatic carbocycles. The third-order valence-electron chi connectivity index (χ3n) is 4.72. The number of rotatable bonds is 11. The highest BCUT2D eigenvalue weighted by molar-refractivity contribution is 4.77. The Morgan fingerprint density at radius 3 is 1.72 bits per heavy atom. The first-order valence-corrected chi connectivity index (χ1v) is 8.58. The minimum Gasteiger partial charge on any atom is -0.0654 e. The van der Waals surface area contributed by atoms with E-state index in [4.69, 9.17) is 0 Å². The Labute approximate surface area is 117 Å². The van der Waals surface area contributed by atoms with E-state index >= 15 is 0 Å². The summed E-state index contributed by atoms with van der Waals surface area (Å²) < 4.78 is 0. The lowest BCUT2D eigenvalue weighted by molar-refractivity contribution is 0.148. The molecule has 0 amide bonds. The minimum atomic E-state index is 0.850. The summed E-state index contributed by atoms with van der Waals surface area (Å²) in [6.45, 7) is 14.4. The molecule has 0 aliphatic heterocycles. The fourth-order valence-corrected chi connectivity index (χ4v) is 3.59. The van der Waals surface area contributed by atoms with E-state index in [1.165, 1.54) is 51.4 Å². The maximum Gasteiger partial charge on any atom is -0.0337 e. The van der Waals surface area contributed by atoms with E-state index in [2.05, 4.69) is 41.5 Å². The molecule has 18 heavy (non-hydrogen) atoms. The Hall–Kier alpha value is 0. The maximum absolute atomic E-state index is 2.48. The fraction of sp³-hybridized carbons (Fsp3) is 1.00. The summed E-state index contributed by atoms with van der Waals surface area (Å²) in [6, 6.07) is 0. The molecule has 0 aromatic heterocycles. The first kappa shape index (κ1) is 18.0. The third kappa shape index (κ3) is 6.81. The van der Waals surface area contributed by atoms with Crippen LogP contribution in [0.5, 0.6) is 0 Å². The first-order valence-electron chi connectivity index (χ1n) is 8.58. The van der Waals surface area contributed by atoms with Gasteiger partial charge >= 0.3 is 0 Å². The zero-order chi connectivity index (χ0) is 14.0.